The van der Waals surface area contributed by atoms with Gasteiger partial charge in [0.2, 0.25) is 0 Å². The smallest absolute Gasteiger partial charge is 0.338 e. The van der Waals surface area contributed by atoms with E-state index >= 15 is 0 Å². The number of benzene rings is 1. The van der Waals surface area contributed by atoms with Crippen LogP contribution in [0.15, 0.2) is 28.1 Å². The lowest BCUT2D eigenvalue weighted by atomic mass is 10.1. The van der Waals surface area contributed by atoms with Crippen molar-refractivity contribution in [2.75, 3.05) is 0 Å². The molecule has 1 aromatic heterocycles. The van der Waals surface area contributed by atoms with Crippen molar-refractivity contribution in [3.05, 3.63) is 46.7 Å². The maximum absolute atomic E-state index is 13.1. The maximum Gasteiger partial charge on any atom is 0.338 e. The molecule has 0 spiro atoms. The van der Waals surface area contributed by atoms with E-state index in [4.69, 9.17) is 0 Å². The molecule has 4 nitrogen and oxygen atoms in total. The first-order valence-corrected chi connectivity index (χ1v) is 6.42. The van der Waals surface area contributed by atoms with Crippen LogP contribution in [0.4, 0.5) is 8.78 Å². The lowest BCUT2D eigenvalue weighted by Gasteiger charge is -2.08. The van der Waals surface area contributed by atoms with Crippen molar-refractivity contribution < 1.29 is 18.7 Å². The summed E-state index contributed by atoms with van der Waals surface area (Å²) in [5, 5.41) is 17.1. The summed E-state index contributed by atoms with van der Waals surface area (Å²) in [6, 6.07) is 3.32. The van der Waals surface area contributed by atoms with Crippen LogP contribution in [0.3, 0.4) is 0 Å². The van der Waals surface area contributed by atoms with E-state index in [1.165, 1.54) is 6.07 Å². The van der Waals surface area contributed by atoms with Gasteiger partial charge < -0.3 is 5.11 Å². The van der Waals surface area contributed by atoms with Crippen molar-refractivity contribution in [3.63, 3.8) is 0 Å². The monoisotopic (exact) mass is 296 g/mol. The third-order valence-electron chi connectivity index (χ3n) is 2.74. The molecule has 1 heterocycles. The Morgan fingerprint density at radius 1 is 1.20 bits per heavy atom. The van der Waals surface area contributed by atoms with Crippen LogP contribution in [0.5, 0.6) is 0 Å². The normalized spacial score (nSPS) is 10.6. The summed E-state index contributed by atoms with van der Waals surface area (Å²) >= 11 is 0.927. The fourth-order valence-corrected chi connectivity index (χ4v) is 2.51. The van der Waals surface area contributed by atoms with Gasteiger partial charge in [0, 0.05) is 4.90 Å². The van der Waals surface area contributed by atoms with Gasteiger partial charge in [-0.2, -0.15) is 5.10 Å². The summed E-state index contributed by atoms with van der Waals surface area (Å²) in [5.41, 5.74) is 1.03. The third kappa shape index (κ3) is 2.77. The average Bonchev–Trinajstić information content (AvgIpc) is 2.38. The Labute approximate surface area is 117 Å². The van der Waals surface area contributed by atoms with Crippen LogP contribution in [0.1, 0.15) is 21.6 Å². The van der Waals surface area contributed by atoms with Gasteiger partial charge in [-0.05, 0) is 37.6 Å². The number of aromatic carboxylic acids is 1. The van der Waals surface area contributed by atoms with Crippen LogP contribution < -0.4 is 0 Å². The molecule has 0 saturated heterocycles. The number of aromatic nitrogens is 2. The van der Waals surface area contributed by atoms with Crippen LogP contribution in [0.2, 0.25) is 0 Å². The molecule has 1 N–H and O–H groups in total. The maximum atomic E-state index is 13.1. The second-order valence-electron chi connectivity index (χ2n) is 4.07. The minimum atomic E-state index is -1.13. The largest absolute Gasteiger partial charge is 0.478 e. The molecule has 20 heavy (non-hydrogen) atoms. The number of hydrogen-bond donors (Lipinski definition) is 1. The Morgan fingerprint density at radius 3 is 2.50 bits per heavy atom. The molecule has 0 aliphatic heterocycles. The summed E-state index contributed by atoms with van der Waals surface area (Å²) in [7, 11) is 0. The second kappa shape index (κ2) is 5.54. The summed E-state index contributed by atoms with van der Waals surface area (Å²) in [6.07, 6.45) is 0. The van der Waals surface area contributed by atoms with E-state index in [0.717, 1.165) is 23.9 Å². The number of hydrogen-bond acceptors (Lipinski definition) is 4. The molecular weight excluding hydrogens is 286 g/mol. The van der Waals surface area contributed by atoms with Crippen molar-refractivity contribution in [3.8, 4) is 0 Å². The number of rotatable bonds is 3. The first-order valence-electron chi connectivity index (χ1n) is 5.60. The first kappa shape index (κ1) is 14.4. The quantitative estimate of drug-likeness (QED) is 0.942. The van der Waals surface area contributed by atoms with Gasteiger partial charge in [0.25, 0.3) is 0 Å². The molecule has 0 fully saturated rings. The van der Waals surface area contributed by atoms with Gasteiger partial charge in [-0.25, -0.2) is 13.6 Å². The minimum Gasteiger partial charge on any atom is -0.478 e. The van der Waals surface area contributed by atoms with Gasteiger partial charge >= 0.3 is 5.97 Å². The molecular formula is C13H10F2N2O2S. The number of halogens is 2. The Balaban J connectivity index is 2.45. The highest BCUT2D eigenvalue weighted by atomic mass is 32.2. The van der Waals surface area contributed by atoms with E-state index in [1.54, 1.807) is 13.8 Å². The molecule has 0 unspecified atom stereocenters. The van der Waals surface area contributed by atoms with E-state index in [0.29, 0.717) is 16.2 Å². The van der Waals surface area contributed by atoms with E-state index in [-0.39, 0.29) is 10.6 Å². The zero-order valence-electron chi connectivity index (χ0n) is 10.6. The highest BCUT2D eigenvalue weighted by molar-refractivity contribution is 7.99. The fourth-order valence-electron chi connectivity index (χ4n) is 1.56. The molecule has 0 amide bonds. The zero-order valence-corrected chi connectivity index (χ0v) is 11.5. The highest BCUT2D eigenvalue weighted by Crippen LogP contribution is 2.31. The minimum absolute atomic E-state index is 0.0206. The zero-order chi connectivity index (χ0) is 14.9. The van der Waals surface area contributed by atoms with Crippen molar-refractivity contribution in [2.45, 2.75) is 23.8 Å². The van der Waals surface area contributed by atoms with Crippen LogP contribution >= 0.6 is 11.8 Å². The Bertz CT molecular complexity index is 692. The molecule has 104 valence electrons. The Hall–Kier alpha value is -2.02. The molecule has 0 aliphatic rings. The van der Waals surface area contributed by atoms with E-state index in [9.17, 15) is 18.7 Å². The van der Waals surface area contributed by atoms with Gasteiger partial charge in [0.05, 0.1) is 11.3 Å². The summed E-state index contributed by atoms with van der Waals surface area (Å²) in [4.78, 5) is 11.6. The molecule has 0 aliphatic carbocycles. The van der Waals surface area contributed by atoms with E-state index in [2.05, 4.69) is 10.2 Å². The van der Waals surface area contributed by atoms with Gasteiger partial charge in [-0.15, -0.1) is 5.10 Å². The second-order valence-corrected chi connectivity index (χ2v) is 5.14. The summed E-state index contributed by atoms with van der Waals surface area (Å²) in [6.45, 7) is 3.28. The molecule has 2 aromatic rings. The summed E-state index contributed by atoms with van der Waals surface area (Å²) < 4.78 is 26.0. The Morgan fingerprint density at radius 2 is 1.90 bits per heavy atom. The number of aryl methyl sites for hydroxylation is 1. The van der Waals surface area contributed by atoms with Crippen LogP contribution in [-0.2, 0) is 0 Å². The Kier molecular flexibility index (Phi) is 3.99. The van der Waals surface area contributed by atoms with Gasteiger partial charge in [0.1, 0.15) is 5.03 Å². The van der Waals surface area contributed by atoms with Crippen molar-refractivity contribution >= 4 is 17.7 Å². The number of carboxylic acid groups (broad SMARTS) is 1. The first-order chi connectivity index (χ1) is 9.40. The predicted octanol–water partition coefficient (Wildman–Crippen LogP) is 3.22. The molecule has 2 rings (SSSR count). The third-order valence-corrected chi connectivity index (χ3v) is 3.71. The van der Waals surface area contributed by atoms with E-state index < -0.39 is 17.6 Å². The molecule has 0 radical (unpaired) electrons. The van der Waals surface area contributed by atoms with Crippen LogP contribution in [-0.4, -0.2) is 21.3 Å². The fraction of sp³-hybridized carbons (Fsp3) is 0.154. The standard InChI is InChI=1S/C13H10F2N2O2S/c1-6-7(2)16-17-12(11(6)13(18)19)20-8-3-4-9(14)10(15)5-8/h3-5H,1-2H3,(H,18,19). The van der Waals surface area contributed by atoms with Gasteiger partial charge in [0.15, 0.2) is 11.6 Å². The van der Waals surface area contributed by atoms with Crippen molar-refractivity contribution in [1.82, 2.24) is 10.2 Å². The van der Waals surface area contributed by atoms with Crippen molar-refractivity contribution in [2.24, 2.45) is 0 Å². The van der Waals surface area contributed by atoms with Gasteiger partial charge in [-0.3, -0.25) is 0 Å². The lowest BCUT2D eigenvalue weighted by Crippen LogP contribution is -2.08. The van der Waals surface area contributed by atoms with Crippen LogP contribution in [0.25, 0.3) is 0 Å². The highest BCUT2D eigenvalue weighted by Gasteiger charge is 2.19. The number of nitrogens with zero attached hydrogens (tertiary/aromatic N) is 2. The number of carboxylic acids is 1. The van der Waals surface area contributed by atoms with Crippen LogP contribution in [0, 0.1) is 25.5 Å². The molecule has 0 atom stereocenters. The predicted molar refractivity (Wildman–Crippen MR) is 68.9 cm³/mol. The number of carbonyl (C=O) groups is 1. The molecule has 1 aromatic carbocycles. The molecule has 0 bridgehead atoms. The lowest BCUT2D eigenvalue weighted by molar-refractivity contribution is 0.0690. The molecule has 0 saturated carbocycles. The summed E-state index contributed by atoms with van der Waals surface area (Å²) in [5.74, 6) is -3.09. The average molecular weight is 296 g/mol. The SMILES string of the molecule is Cc1nnc(Sc2ccc(F)c(F)c2)c(C(=O)O)c1C. The van der Waals surface area contributed by atoms with Crippen molar-refractivity contribution in [1.29, 1.82) is 0 Å². The van der Waals surface area contributed by atoms with E-state index in [1.807, 2.05) is 0 Å². The molecule has 7 heteroatoms. The van der Waals surface area contributed by atoms with Gasteiger partial charge in [-0.1, -0.05) is 11.8 Å². The topological polar surface area (TPSA) is 63.1 Å².